The Morgan fingerprint density at radius 3 is 2.54 bits per heavy atom. The molecule has 0 saturated carbocycles. The minimum atomic E-state index is -0.0276. The quantitative estimate of drug-likeness (QED) is 0.746. The van der Waals surface area contributed by atoms with Gasteiger partial charge in [-0.05, 0) is 18.4 Å². The highest BCUT2D eigenvalue weighted by Crippen LogP contribution is 2.06. The maximum atomic E-state index is 8.88. The predicted molar refractivity (Wildman–Crippen MR) is 52.6 cm³/mol. The highest BCUT2D eigenvalue weighted by atomic mass is 16.5. The number of aliphatic hydroxyl groups is 1. The fourth-order valence-corrected chi connectivity index (χ4v) is 1.26. The van der Waals surface area contributed by atoms with Crippen molar-refractivity contribution in [3.05, 3.63) is 35.9 Å². The van der Waals surface area contributed by atoms with Gasteiger partial charge in [0.25, 0.3) is 0 Å². The molecule has 0 radical (unpaired) electrons. The van der Waals surface area contributed by atoms with Crippen LogP contribution in [0.2, 0.25) is 0 Å². The molecule has 1 aromatic carbocycles. The summed E-state index contributed by atoms with van der Waals surface area (Å²) in [6.07, 6.45) is 1.80. The monoisotopic (exact) mass is 180 g/mol. The number of hydrogen-bond acceptors (Lipinski definition) is 2. The largest absolute Gasteiger partial charge is 0.394 e. The Morgan fingerprint density at radius 1 is 1.31 bits per heavy atom. The van der Waals surface area contributed by atoms with Gasteiger partial charge >= 0.3 is 0 Å². The molecule has 1 rings (SSSR count). The van der Waals surface area contributed by atoms with Gasteiger partial charge in [-0.2, -0.15) is 0 Å². The van der Waals surface area contributed by atoms with Crippen molar-refractivity contribution in [2.45, 2.75) is 18.9 Å². The van der Waals surface area contributed by atoms with Crippen LogP contribution < -0.4 is 0 Å². The van der Waals surface area contributed by atoms with E-state index in [9.17, 15) is 0 Å². The van der Waals surface area contributed by atoms with Gasteiger partial charge in [0.2, 0.25) is 0 Å². The van der Waals surface area contributed by atoms with Gasteiger partial charge in [0.1, 0.15) is 0 Å². The average Bonchev–Trinajstić information content (AvgIpc) is 2.21. The number of rotatable bonds is 5. The number of methoxy groups -OCH3 is 1. The van der Waals surface area contributed by atoms with Crippen LogP contribution in [0.15, 0.2) is 30.3 Å². The second-order valence-electron chi connectivity index (χ2n) is 3.06. The SMILES string of the molecule is COC(CO)CCc1ccccc1. The fourth-order valence-electron chi connectivity index (χ4n) is 1.26. The Hall–Kier alpha value is -0.860. The van der Waals surface area contributed by atoms with Crippen LogP contribution in [0.4, 0.5) is 0 Å². The van der Waals surface area contributed by atoms with Crippen LogP contribution >= 0.6 is 0 Å². The molecule has 0 aliphatic carbocycles. The van der Waals surface area contributed by atoms with E-state index in [1.165, 1.54) is 5.56 Å². The van der Waals surface area contributed by atoms with E-state index in [1.807, 2.05) is 18.2 Å². The number of benzene rings is 1. The van der Waals surface area contributed by atoms with Gasteiger partial charge in [-0.3, -0.25) is 0 Å². The van der Waals surface area contributed by atoms with Crippen LogP contribution in [0.1, 0.15) is 12.0 Å². The van der Waals surface area contributed by atoms with E-state index in [1.54, 1.807) is 7.11 Å². The van der Waals surface area contributed by atoms with Crippen molar-refractivity contribution in [3.8, 4) is 0 Å². The molecule has 0 fully saturated rings. The molecule has 0 heterocycles. The Balaban J connectivity index is 2.34. The highest BCUT2D eigenvalue weighted by Gasteiger charge is 2.04. The van der Waals surface area contributed by atoms with Crippen molar-refractivity contribution >= 4 is 0 Å². The lowest BCUT2D eigenvalue weighted by Crippen LogP contribution is -2.16. The lowest BCUT2D eigenvalue weighted by Gasteiger charge is -2.11. The van der Waals surface area contributed by atoms with Crippen LogP contribution in [0, 0.1) is 0 Å². The van der Waals surface area contributed by atoms with Gasteiger partial charge in [0, 0.05) is 7.11 Å². The summed E-state index contributed by atoms with van der Waals surface area (Å²) >= 11 is 0. The van der Waals surface area contributed by atoms with E-state index in [4.69, 9.17) is 9.84 Å². The van der Waals surface area contributed by atoms with Crippen molar-refractivity contribution in [1.82, 2.24) is 0 Å². The van der Waals surface area contributed by atoms with Gasteiger partial charge in [-0.15, -0.1) is 0 Å². The third kappa shape index (κ3) is 3.57. The molecule has 1 atom stereocenters. The summed E-state index contributed by atoms with van der Waals surface area (Å²) in [6.45, 7) is 0.101. The van der Waals surface area contributed by atoms with E-state index in [0.29, 0.717) is 0 Å². The Bertz CT molecular complexity index is 217. The minimum Gasteiger partial charge on any atom is -0.394 e. The summed E-state index contributed by atoms with van der Waals surface area (Å²) in [7, 11) is 1.63. The molecule has 0 amide bonds. The molecule has 0 aliphatic rings. The van der Waals surface area contributed by atoms with Crippen molar-refractivity contribution in [2.24, 2.45) is 0 Å². The molecule has 0 spiro atoms. The van der Waals surface area contributed by atoms with E-state index >= 15 is 0 Å². The number of aliphatic hydroxyl groups excluding tert-OH is 1. The molecule has 2 nitrogen and oxygen atoms in total. The van der Waals surface area contributed by atoms with E-state index < -0.39 is 0 Å². The maximum Gasteiger partial charge on any atom is 0.0805 e. The summed E-state index contributed by atoms with van der Waals surface area (Å²) in [5, 5.41) is 8.88. The summed E-state index contributed by atoms with van der Waals surface area (Å²) in [6, 6.07) is 10.2. The van der Waals surface area contributed by atoms with E-state index in [2.05, 4.69) is 12.1 Å². The van der Waals surface area contributed by atoms with Crippen LogP contribution in [-0.2, 0) is 11.2 Å². The molecule has 1 N–H and O–H groups in total. The zero-order valence-electron chi connectivity index (χ0n) is 7.94. The number of aryl methyl sites for hydroxylation is 1. The second kappa shape index (κ2) is 5.73. The zero-order valence-corrected chi connectivity index (χ0v) is 7.94. The van der Waals surface area contributed by atoms with E-state index in [0.717, 1.165) is 12.8 Å². The second-order valence-corrected chi connectivity index (χ2v) is 3.06. The molecular formula is C11H16O2. The maximum absolute atomic E-state index is 8.88. The summed E-state index contributed by atoms with van der Waals surface area (Å²) in [5.74, 6) is 0. The first-order chi connectivity index (χ1) is 6.36. The fraction of sp³-hybridized carbons (Fsp3) is 0.455. The van der Waals surface area contributed by atoms with Gasteiger partial charge in [0.15, 0.2) is 0 Å². The molecule has 72 valence electrons. The first-order valence-electron chi connectivity index (χ1n) is 4.54. The van der Waals surface area contributed by atoms with Crippen LogP contribution in [0.5, 0.6) is 0 Å². The summed E-state index contributed by atoms with van der Waals surface area (Å²) < 4.78 is 5.07. The van der Waals surface area contributed by atoms with Crippen molar-refractivity contribution < 1.29 is 9.84 Å². The standard InChI is InChI=1S/C11H16O2/c1-13-11(9-12)8-7-10-5-3-2-4-6-10/h2-6,11-12H,7-9H2,1H3. The van der Waals surface area contributed by atoms with Gasteiger partial charge < -0.3 is 9.84 Å². The van der Waals surface area contributed by atoms with E-state index in [-0.39, 0.29) is 12.7 Å². The van der Waals surface area contributed by atoms with Crippen molar-refractivity contribution in [2.75, 3.05) is 13.7 Å². The Labute approximate surface area is 79.2 Å². The first-order valence-corrected chi connectivity index (χ1v) is 4.54. The van der Waals surface area contributed by atoms with Crippen LogP contribution in [-0.4, -0.2) is 24.9 Å². The highest BCUT2D eigenvalue weighted by molar-refractivity contribution is 5.14. The van der Waals surface area contributed by atoms with Crippen LogP contribution in [0.25, 0.3) is 0 Å². The molecule has 0 aliphatic heterocycles. The molecule has 0 bridgehead atoms. The molecule has 0 aromatic heterocycles. The molecule has 1 unspecified atom stereocenters. The van der Waals surface area contributed by atoms with Crippen LogP contribution in [0.3, 0.4) is 0 Å². The van der Waals surface area contributed by atoms with Gasteiger partial charge in [-0.1, -0.05) is 30.3 Å². The first kappa shape index (κ1) is 10.2. The predicted octanol–water partition coefficient (Wildman–Crippen LogP) is 1.63. The molecule has 13 heavy (non-hydrogen) atoms. The molecule has 2 heteroatoms. The summed E-state index contributed by atoms with van der Waals surface area (Å²) in [4.78, 5) is 0. The smallest absolute Gasteiger partial charge is 0.0805 e. The Morgan fingerprint density at radius 2 is 2.00 bits per heavy atom. The molecule has 0 saturated heterocycles. The topological polar surface area (TPSA) is 29.5 Å². The summed E-state index contributed by atoms with van der Waals surface area (Å²) in [5.41, 5.74) is 1.29. The molecular weight excluding hydrogens is 164 g/mol. The lowest BCUT2D eigenvalue weighted by atomic mass is 10.1. The average molecular weight is 180 g/mol. The third-order valence-corrected chi connectivity index (χ3v) is 2.13. The number of ether oxygens (including phenoxy) is 1. The lowest BCUT2D eigenvalue weighted by molar-refractivity contribution is 0.0435. The third-order valence-electron chi connectivity index (χ3n) is 2.13. The van der Waals surface area contributed by atoms with Crippen molar-refractivity contribution in [1.29, 1.82) is 0 Å². The normalized spacial score (nSPS) is 12.8. The van der Waals surface area contributed by atoms with Gasteiger partial charge in [0.05, 0.1) is 12.7 Å². The number of hydrogen-bond donors (Lipinski definition) is 1. The Kier molecular flexibility index (Phi) is 4.50. The molecule has 1 aromatic rings. The van der Waals surface area contributed by atoms with Crippen molar-refractivity contribution in [3.63, 3.8) is 0 Å². The van der Waals surface area contributed by atoms with Gasteiger partial charge in [-0.25, -0.2) is 0 Å². The zero-order chi connectivity index (χ0) is 9.52. The minimum absolute atomic E-state index is 0.0276.